The van der Waals surface area contributed by atoms with Crippen molar-refractivity contribution < 1.29 is 24.9 Å². The Bertz CT molecular complexity index is 421. The predicted molar refractivity (Wildman–Crippen MR) is 56.6 cm³/mol. The summed E-state index contributed by atoms with van der Waals surface area (Å²) >= 11 is 0. The van der Waals surface area contributed by atoms with E-state index in [9.17, 15) is 9.59 Å². The summed E-state index contributed by atoms with van der Waals surface area (Å²) < 4.78 is 0. The topological polar surface area (TPSA) is 120 Å². The molecular weight excluding hydrogens is 228 g/mol. The molecule has 0 aromatic carbocycles. The Balaban J connectivity index is 2.78. The summed E-state index contributed by atoms with van der Waals surface area (Å²) in [5.41, 5.74) is -0.450. The van der Waals surface area contributed by atoms with Gasteiger partial charge in [0.1, 0.15) is 5.69 Å². The zero-order chi connectivity index (χ0) is 12.8. The van der Waals surface area contributed by atoms with Crippen molar-refractivity contribution in [2.45, 2.75) is 6.10 Å². The Morgan fingerprint density at radius 3 is 2.76 bits per heavy atom. The zero-order valence-corrected chi connectivity index (χ0v) is 8.83. The number of hydrogen-bond acceptors (Lipinski definition) is 5. The third kappa shape index (κ3) is 3.51. The summed E-state index contributed by atoms with van der Waals surface area (Å²) in [4.78, 5) is 26.0. The van der Waals surface area contributed by atoms with E-state index >= 15 is 0 Å². The van der Waals surface area contributed by atoms with Gasteiger partial charge in [0.15, 0.2) is 0 Å². The molecule has 0 radical (unpaired) electrons. The van der Waals surface area contributed by atoms with E-state index in [1.807, 2.05) is 0 Å². The van der Waals surface area contributed by atoms with E-state index in [0.29, 0.717) is 0 Å². The molecule has 1 atom stereocenters. The van der Waals surface area contributed by atoms with Crippen molar-refractivity contribution in [1.82, 2.24) is 10.3 Å². The highest BCUT2D eigenvalue weighted by atomic mass is 16.4. The molecule has 92 valence electrons. The van der Waals surface area contributed by atoms with Crippen LogP contribution in [0.4, 0.5) is 0 Å². The average Bonchev–Trinajstić information content (AvgIpc) is 2.35. The van der Waals surface area contributed by atoms with Crippen molar-refractivity contribution in [3.8, 4) is 0 Å². The number of carbonyl (C=O) groups is 2. The molecule has 7 nitrogen and oxygen atoms in total. The van der Waals surface area contributed by atoms with Crippen molar-refractivity contribution in [2.75, 3.05) is 13.2 Å². The molecule has 1 amide bonds. The lowest BCUT2D eigenvalue weighted by Crippen LogP contribution is -2.35. The van der Waals surface area contributed by atoms with Gasteiger partial charge in [-0.05, 0) is 12.1 Å². The first-order valence-electron chi connectivity index (χ1n) is 4.81. The van der Waals surface area contributed by atoms with E-state index in [4.69, 9.17) is 15.3 Å². The van der Waals surface area contributed by atoms with Crippen LogP contribution in [0.15, 0.2) is 18.3 Å². The number of rotatable bonds is 5. The number of hydrogen-bond donors (Lipinski definition) is 4. The van der Waals surface area contributed by atoms with Gasteiger partial charge in [0, 0.05) is 12.7 Å². The molecule has 0 aliphatic heterocycles. The lowest BCUT2D eigenvalue weighted by atomic mass is 10.2. The third-order valence-electron chi connectivity index (χ3n) is 1.96. The highest BCUT2D eigenvalue weighted by Crippen LogP contribution is 2.04. The second-order valence-electron chi connectivity index (χ2n) is 3.25. The summed E-state index contributed by atoms with van der Waals surface area (Å²) in [6, 6.07) is 2.66. The number of aromatic nitrogens is 1. The molecule has 0 saturated carbocycles. The van der Waals surface area contributed by atoms with Crippen LogP contribution in [0.25, 0.3) is 0 Å². The Kier molecular flexibility index (Phi) is 4.56. The van der Waals surface area contributed by atoms with Crippen molar-refractivity contribution in [3.63, 3.8) is 0 Å². The maximum Gasteiger partial charge on any atom is 0.338 e. The fourth-order valence-electron chi connectivity index (χ4n) is 1.12. The van der Waals surface area contributed by atoms with Crippen LogP contribution in [0.1, 0.15) is 20.8 Å². The normalized spacial score (nSPS) is 11.9. The Hall–Kier alpha value is -1.99. The molecule has 0 fully saturated rings. The van der Waals surface area contributed by atoms with Crippen LogP contribution in [-0.4, -0.2) is 51.4 Å². The van der Waals surface area contributed by atoms with Crippen LogP contribution in [-0.2, 0) is 0 Å². The smallest absolute Gasteiger partial charge is 0.338 e. The first-order chi connectivity index (χ1) is 8.06. The Morgan fingerprint density at radius 2 is 2.18 bits per heavy atom. The summed E-state index contributed by atoms with van der Waals surface area (Å²) in [5, 5.41) is 28.7. The molecule has 0 aliphatic rings. The van der Waals surface area contributed by atoms with Crippen molar-refractivity contribution >= 4 is 11.9 Å². The number of carbonyl (C=O) groups excluding carboxylic acids is 1. The molecule has 1 aromatic rings. The van der Waals surface area contributed by atoms with Crippen LogP contribution in [0, 0.1) is 0 Å². The summed E-state index contributed by atoms with van der Waals surface area (Å²) in [7, 11) is 0. The number of nitrogens with one attached hydrogen (secondary N) is 1. The van der Waals surface area contributed by atoms with Gasteiger partial charge in [0.2, 0.25) is 0 Å². The van der Waals surface area contributed by atoms with Gasteiger partial charge in [0.25, 0.3) is 5.91 Å². The van der Waals surface area contributed by atoms with Gasteiger partial charge in [0.05, 0.1) is 18.3 Å². The highest BCUT2D eigenvalue weighted by Gasteiger charge is 2.17. The molecule has 7 heteroatoms. The van der Waals surface area contributed by atoms with Gasteiger partial charge >= 0.3 is 5.97 Å². The molecule has 0 saturated heterocycles. The van der Waals surface area contributed by atoms with E-state index in [0.717, 1.165) is 0 Å². The SMILES string of the molecule is O=C(O)c1cccnc1C(=O)NCC(O)CO. The van der Waals surface area contributed by atoms with E-state index in [-0.39, 0.29) is 17.8 Å². The fourth-order valence-corrected chi connectivity index (χ4v) is 1.12. The number of amides is 1. The quantitative estimate of drug-likeness (QED) is 0.516. The second kappa shape index (κ2) is 5.92. The maximum absolute atomic E-state index is 11.6. The minimum Gasteiger partial charge on any atom is -0.478 e. The minimum atomic E-state index is -1.26. The molecule has 17 heavy (non-hydrogen) atoms. The Morgan fingerprint density at radius 1 is 1.47 bits per heavy atom. The van der Waals surface area contributed by atoms with E-state index in [1.54, 1.807) is 0 Å². The largest absolute Gasteiger partial charge is 0.478 e. The van der Waals surface area contributed by atoms with Crippen LogP contribution < -0.4 is 5.32 Å². The molecule has 1 unspecified atom stereocenters. The standard InChI is InChI=1S/C10H12N2O5/c13-5-6(14)4-12-9(15)8-7(10(16)17)2-1-3-11-8/h1-3,6,13-14H,4-5H2,(H,12,15)(H,16,17). The van der Waals surface area contributed by atoms with Gasteiger partial charge < -0.3 is 20.6 Å². The van der Waals surface area contributed by atoms with Gasteiger partial charge in [-0.1, -0.05) is 0 Å². The third-order valence-corrected chi connectivity index (χ3v) is 1.96. The highest BCUT2D eigenvalue weighted by molar-refractivity contribution is 6.03. The predicted octanol–water partition coefficient (Wildman–Crippen LogP) is -1.14. The molecular formula is C10H12N2O5. The zero-order valence-electron chi connectivity index (χ0n) is 8.83. The molecule has 1 aromatic heterocycles. The lowest BCUT2D eigenvalue weighted by molar-refractivity contribution is 0.0686. The second-order valence-corrected chi connectivity index (χ2v) is 3.25. The number of aliphatic hydroxyl groups is 2. The molecule has 1 rings (SSSR count). The number of nitrogens with zero attached hydrogens (tertiary/aromatic N) is 1. The van der Waals surface area contributed by atoms with Gasteiger partial charge in [-0.15, -0.1) is 0 Å². The van der Waals surface area contributed by atoms with Crippen LogP contribution >= 0.6 is 0 Å². The van der Waals surface area contributed by atoms with Gasteiger partial charge in [-0.3, -0.25) is 9.78 Å². The number of carboxylic acids is 1. The molecule has 4 N–H and O–H groups in total. The summed E-state index contributed by atoms with van der Waals surface area (Å²) in [6.45, 7) is -0.667. The van der Waals surface area contributed by atoms with Crippen LogP contribution in [0.3, 0.4) is 0 Å². The number of aromatic carboxylic acids is 1. The van der Waals surface area contributed by atoms with Gasteiger partial charge in [-0.25, -0.2) is 4.79 Å². The Labute approximate surface area is 96.7 Å². The first-order valence-corrected chi connectivity index (χ1v) is 4.81. The lowest BCUT2D eigenvalue weighted by Gasteiger charge is -2.09. The molecule has 0 aliphatic carbocycles. The number of aliphatic hydroxyl groups excluding tert-OH is 2. The van der Waals surface area contributed by atoms with Crippen molar-refractivity contribution in [3.05, 3.63) is 29.6 Å². The first kappa shape index (κ1) is 13.1. The number of pyridine rings is 1. The fraction of sp³-hybridized carbons (Fsp3) is 0.300. The molecule has 0 bridgehead atoms. The maximum atomic E-state index is 11.6. The molecule has 1 heterocycles. The minimum absolute atomic E-state index is 0.176. The summed E-state index contributed by atoms with van der Waals surface area (Å²) in [5.74, 6) is -1.97. The molecule has 0 spiro atoms. The van der Waals surface area contributed by atoms with E-state index in [1.165, 1.54) is 18.3 Å². The van der Waals surface area contributed by atoms with Crippen LogP contribution in [0.5, 0.6) is 0 Å². The monoisotopic (exact) mass is 240 g/mol. The van der Waals surface area contributed by atoms with E-state index in [2.05, 4.69) is 10.3 Å². The van der Waals surface area contributed by atoms with Crippen LogP contribution in [0.2, 0.25) is 0 Å². The van der Waals surface area contributed by atoms with Crippen molar-refractivity contribution in [2.24, 2.45) is 0 Å². The van der Waals surface area contributed by atoms with Gasteiger partial charge in [-0.2, -0.15) is 0 Å². The van der Waals surface area contributed by atoms with E-state index < -0.39 is 24.6 Å². The summed E-state index contributed by atoms with van der Waals surface area (Å²) in [6.07, 6.45) is 0.208. The number of carboxylic acid groups (broad SMARTS) is 1. The average molecular weight is 240 g/mol. The van der Waals surface area contributed by atoms with Crippen molar-refractivity contribution in [1.29, 1.82) is 0 Å².